The number of nitrogens with zero attached hydrogens (tertiary/aromatic N) is 1. The maximum atomic E-state index is 12.0. The van der Waals surface area contributed by atoms with E-state index in [-0.39, 0.29) is 17.2 Å². The summed E-state index contributed by atoms with van der Waals surface area (Å²) in [4.78, 5) is 41.8. The predicted octanol–water partition coefficient (Wildman–Crippen LogP) is 1.90. The number of amides is 1. The van der Waals surface area contributed by atoms with Crippen molar-refractivity contribution in [3.8, 4) is 0 Å². The lowest BCUT2D eigenvalue weighted by atomic mass is 10.2. The van der Waals surface area contributed by atoms with Gasteiger partial charge in [-0.15, -0.1) is 0 Å². The lowest BCUT2D eigenvalue weighted by molar-refractivity contribution is -0.113. The Morgan fingerprint density at radius 1 is 1.25 bits per heavy atom. The van der Waals surface area contributed by atoms with Crippen molar-refractivity contribution in [3.05, 3.63) is 51.4 Å². The molecule has 1 heterocycles. The molecule has 0 radical (unpaired) electrons. The molecule has 0 aliphatic rings. The van der Waals surface area contributed by atoms with Gasteiger partial charge in [-0.05, 0) is 38.1 Å². The van der Waals surface area contributed by atoms with Crippen LogP contribution in [-0.4, -0.2) is 34.7 Å². The SMILES string of the molecule is COC(=O)c1ccc(NC(=O)CSc2nc(C)c(C)c(=O)[nH]2)cc1. The lowest BCUT2D eigenvalue weighted by Crippen LogP contribution is -2.17. The zero-order valence-electron chi connectivity index (χ0n) is 13.5. The maximum absolute atomic E-state index is 12.0. The number of ether oxygens (including phenoxy) is 1. The highest BCUT2D eigenvalue weighted by atomic mass is 32.2. The largest absolute Gasteiger partial charge is 0.465 e. The summed E-state index contributed by atoms with van der Waals surface area (Å²) >= 11 is 1.14. The summed E-state index contributed by atoms with van der Waals surface area (Å²) in [5.41, 5.74) is 1.97. The first-order valence-corrected chi connectivity index (χ1v) is 8.08. The molecular formula is C16H17N3O4S. The summed E-state index contributed by atoms with van der Waals surface area (Å²) in [7, 11) is 1.31. The van der Waals surface area contributed by atoms with Gasteiger partial charge < -0.3 is 15.0 Å². The average Bonchev–Trinajstić information content (AvgIpc) is 2.57. The fourth-order valence-electron chi connectivity index (χ4n) is 1.83. The molecule has 2 rings (SSSR count). The molecule has 0 atom stereocenters. The molecule has 0 fully saturated rings. The van der Waals surface area contributed by atoms with Crippen molar-refractivity contribution in [1.29, 1.82) is 0 Å². The van der Waals surface area contributed by atoms with Crippen molar-refractivity contribution in [2.75, 3.05) is 18.2 Å². The zero-order chi connectivity index (χ0) is 17.7. The molecule has 2 N–H and O–H groups in total. The molecule has 0 aliphatic carbocycles. The Hall–Kier alpha value is -2.61. The van der Waals surface area contributed by atoms with Gasteiger partial charge in [0.25, 0.3) is 5.56 Å². The van der Waals surface area contributed by atoms with Gasteiger partial charge in [0.15, 0.2) is 5.16 Å². The van der Waals surface area contributed by atoms with Crippen molar-refractivity contribution >= 4 is 29.3 Å². The van der Waals surface area contributed by atoms with Crippen LogP contribution in [0.5, 0.6) is 0 Å². The van der Waals surface area contributed by atoms with Gasteiger partial charge in [0, 0.05) is 16.9 Å². The Morgan fingerprint density at radius 3 is 2.50 bits per heavy atom. The fraction of sp³-hybridized carbons (Fsp3) is 0.250. The molecule has 8 heteroatoms. The number of H-pyrrole nitrogens is 1. The van der Waals surface area contributed by atoms with Gasteiger partial charge in [0.05, 0.1) is 18.4 Å². The van der Waals surface area contributed by atoms with Crippen LogP contribution in [0.2, 0.25) is 0 Å². The third-order valence-corrected chi connectivity index (χ3v) is 4.18. The van der Waals surface area contributed by atoms with Crippen LogP contribution >= 0.6 is 11.8 Å². The highest BCUT2D eigenvalue weighted by Gasteiger charge is 2.09. The molecule has 0 saturated heterocycles. The van der Waals surface area contributed by atoms with Crippen molar-refractivity contribution in [1.82, 2.24) is 9.97 Å². The van der Waals surface area contributed by atoms with Crippen LogP contribution in [0, 0.1) is 13.8 Å². The lowest BCUT2D eigenvalue weighted by Gasteiger charge is -2.06. The van der Waals surface area contributed by atoms with E-state index in [1.54, 1.807) is 38.1 Å². The van der Waals surface area contributed by atoms with Gasteiger partial charge in [0.1, 0.15) is 0 Å². The number of carbonyl (C=O) groups excluding carboxylic acids is 2. The number of aromatic nitrogens is 2. The second-order valence-corrected chi connectivity index (χ2v) is 5.95. The van der Waals surface area contributed by atoms with Crippen molar-refractivity contribution in [2.24, 2.45) is 0 Å². The van der Waals surface area contributed by atoms with E-state index >= 15 is 0 Å². The Bertz CT molecular complexity index is 815. The first-order chi connectivity index (χ1) is 11.4. The van der Waals surface area contributed by atoms with E-state index in [0.29, 0.717) is 27.7 Å². The van der Waals surface area contributed by atoms with Crippen LogP contribution in [-0.2, 0) is 9.53 Å². The topological polar surface area (TPSA) is 101 Å². The van der Waals surface area contributed by atoms with Gasteiger partial charge in [-0.25, -0.2) is 9.78 Å². The standard InChI is InChI=1S/C16H17N3O4S/c1-9-10(2)17-16(19-14(9)21)24-8-13(20)18-12-6-4-11(5-7-12)15(22)23-3/h4-7H,8H2,1-3H3,(H,18,20)(H,17,19,21). The number of benzene rings is 1. The van der Waals surface area contributed by atoms with Crippen LogP contribution in [0.15, 0.2) is 34.2 Å². The number of anilines is 1. The summed E-state index contributed by atoms with van der Waals surface area (Å²) in [6.07, 6.45) is 0. The smallest absolute Gasteiger partial charge is 0.337 e. The highest BCUT2D eigenvalue weighted by Crippen LogP contribution is 2.14. The van der Waals surface area contributed by atoms with E-state index in [4.69, 9.17) is 0 Å². The molecule has 0 saturated carbocycles. The minimum Gasteiger partial charge on any atom is -0.465 e. The maximum Gasteiger partial charge on any atom is 0.337 e. The van der Waals surface area contributed by atoms with E-state index in [1.165, 1.54) is 7.11 Å². The van der Waals surface area contributed by atoms with Gasteiger partial charge in [-0.1, -0.05) is 11.8 Å². The molecule has 2 aromatic rings. The summed E-state index contributed by atoms with van der Waals surface area (Å²) < 4.78 is 4.61. The number of nitrogens with one attached hydrogen (secondary N) is 2. The van der Waals surface area contributed by atoms with E-state index < -0.39 is 5.97 Å². The molecule has 24 heavy (non-hydrogen) atoms. The van der Waals surface area contributed by atoms with Crippen LogP contribution in [0.4, 0.5) is 5.69 Å². The number of aromatic amines is 1. The molecular weight excluding hydrogens is 330 g/mol. The molecule has 126 valence electrons. The normalized spacial score (nSPS) is 10.3. The summed E-state index contributed by atoms with van der Waals surface area (Å²) in [5.74, 6) is -0.579. The van der Waals surface area contributed by atoms with Crippen LogP contribution in [0.25, 0.3) is 0 Å². The number of hydrogen-bond acceptors (Lipinski definition) is 6. The zero-order valence-corrected chi connectivity index (χ0v) is 14.3. The monoisotopic (exact) mass is 347 g/mol. The summed E-state index contributed by atoms with van der Waals surface area (Å²) in [6, 6.07) is 6.36. The van der Waals surface area contributed by atoms with Crippen LogP contribution in [0.3, 0.4) is 0 Å². The molecule has 1 aromatic carbocycles. The molecule has 1 aromatic heterocycles. The first kappa shape index (κ1) is 17.7. The number of aryl methyl sites for hydroxylation is 1. The minimum atomic E-state index is -0.437. The second-order valence-electron chi connectivity index (χ2n) is 4.99. The van der Waals surface area contributed by atoms with Gasteiger partial charge in [0.2, 0.25) is 5.91 Å². The molecule has 0 unspecified atom stereocenters. The second kappa shape index (κ2) is 7.78. The van der Waals surface area contributed by atoms with Crippen LogP contribution in [0.1, 0.15) is 21.6 Å². The fourth-order valence-corrected chi connectivity index (χ4v) is 2.53. The van der Waals surface area contributed by atoms with Gasteiger partial charge >= 0.3 is 5.97 Å². The highest BCUT2D eigenvalue weighted by molar-refractivity contribution is 7.99. The number of rotatable bonds is 5. The summed E-state index contributed by atoms with van der Waals surface area (Å²) in [5, 5.41) is 3.11. The van der Waals surface area contributed by atoms with E-state index in [1.807, 2.05) is 0 Å². The average molecular weight is 347 g/mol. The van der Waals surface area contributed by atoms with E-state index in [0.717, 1.165) is 11.8 Å². The van der Waals surface area contributed by atoms with Crippen molar-refractivity contribution < 1.29 is 14.3 Å². The Labute approximate surface area is 142 Å². The number of esters is 1. The first-order valence-electron chi connectivity index (χ1n) is 7.09. The molecule has 1 amide bonds. The number of carbonyl (C=O) groups is 2. The quantitative estimate of drug-likeness (QED) is 0.487. The third kappa shape index (κ3) is 4.45. The molecule has 0 bridgehead atoms. The van der Waals surface area contributed by atoms with Crippen molar-refractivity contribution in [3.63, 3.8) is 0 Å². The van der Waals surface area contributed by atoms with Crippen LogP contribution < -0.4 is 10.9 Å². The predicted molar refractivity (Wildman–Crippen MR) is 91.5 cm³/mol. The molecule has 0 aliphatic heterocycles. The van der Waals surface area contributed by atoms with Crippen molar-refractivity contribution in [2.45, 2.75) is 19.0 Å². The number of thioether (sulfide) groups is 1. The number of hydrogen-bond donors (Lipinski definition) is 2. The minimum absolute atomic E-state index is 0.101. The van der Waals surface area contributed by atoms with Gasteiger partial charge in [-0.3, -0.25) is 9.59 Å². The molecule has 7 nitrogen and oxygen atoms in total. The van der Waals surface area contributed by atoms with E-state index in [9.17, 15) is 14.4 Å². The van der Waals surface area contributed by atoms with E-state index in [2.05, 4.69) is 20.0 Å². The number of methoxy groups -OCH3 is 1. The van der Waals surface area contributed by atoms with Gasteiger partial charge in [-0.2, -0.15) is 0 Å². The Morgan fingerprint density at radius 2 is 1.92 bits per heavy atom. The Kier molecular flexibility index (Phi) is 5.75. The summed E-state index contributed by atoms with van der Waals surface area (Å²) in [6.45, 7) is 3.44. The third-order valence-electron chi connectivity index (χ3n) is 3.30. The molecule has 0 spiro atoms. The Balaban J connectivity index is 1.94.